The van der Waals surface area contributed by atoms with Gasteiger partial charge in [-0.15, -0.1) is 0 Å². The number of ether oxygens (including phenoxy) is 1. The molecule has 2 heterocycles. The summed E-state index contributed by atoms with van der Waals surface area (Å²) < 4.78 is 17.9. The van der Waals surface area contributed by atoms with E-state index in [4.69, 9.17) is 0 Å². The van der Waals surface area contributed by atoms with E-state index >= 15 is 0 Å². The van der Waals surface area contributed by atoms with Gasteiger partial charge in [-0.1, -0.05) is 0 Å². The van der Waals surface area contributed by atoms with Crippen molar-refractivity contribution in [3.63, 3.8) is 0 Å². The molecule has 0 saturated heterocycles. The van der Waals surface area contributed by atoms with E-state index in [0.29, 0.717) is 28.1 Å². The highest BCUT2D eigenvalue weighted by molar-refractivity contribution is 6.04. The highest BCUT2D eigenvalue weighted by atomic mass is 19.1. The van der Waals surface area contributed by atoms with Crippen LogP contribution in [-0.4, -0.2) is 33.9 Å². The number of methoxy groups -OCH3 is 1. The predicted octanol–water partition coefficient (Wildman–Crippen LogP) is 4.97. The third-order valence-electron chi connectivity index (χ3n) is 5.05. The molecule has 0 saturated carbocycles. The number of nitrogens with one attached hydrogen (secondary N) is 2. The lowest BCUT2D eigenvalue weighted by molar-refractivity contribution is -0.384. The van der Waals surface area contributed by atoms with Gasteiger partial charge in [0, 0.05) is 17.2 Å². The first-order valence-electron chi connectivity index (χ1n) is 10.5. The smallest absolute Gasteiger partial charge is 0.337 e. The van der Waals surface area contributed by atoms with Gasteiger partial charge in [-0.25, -0.2) is 19.2 Å². The van der Waals surface area contributed by atoms with Gasteiger partial charge >= 0.3 is 11.7 Å². The van der Waals surface area contributed by atoms with E-state index in [1.807, 2.05) is 0 Å². The monoisotopic (exact) mass is 487 g/mol. The van der Waals surface area contributed by atoms with Crippen LogP contribution in [-0.2, 0) is 4.74 Å². The molecule has 2 aromatic carbocycles. The summed E-state index contributed by atoms with van der Waals surface area (Å²) in [5.74, 6) is -1.14. The lowest BCUT2D eigenvalue weighted by Gasteiger charge is -2.10. The fourth-order valence-corrected chi connectivity index (χ4v) is 3.22. The van der Waals surface area contributed by atoms with Crippen LogP contribution in [0, 0.1) is 15.9 Å². The first-order valence-corrected chi connectivity index (χ1v) is 10.5. The SMILES string of the molecule is COC(=O)c1ccc(C(=O)Nc2ccc(Nc3nc(-c4ccc(F)cc4)ccc3[N+](=O)[O-])cn2)cc1. The Hall–Kier alpha value is -5.19. The molecule has 10 nitrogen and oxygen atoms in total. The number of hydrogen-bond donors (Lipinski definition) is 2. The van der Waals surface area contributed by atoms with Crippen LogP contribution >= 0.6 is 0 Å². The van der Waals surface area contributed by atoms with Crippen molar-refractivity contribution in [2.45, 2.75) is 0 Å². The predicted molar refractivity (Wildman–Crippen MR) is 130 cm³/mol. The number of nitrogens with zero attached hydrogens (tertiary/aromatic N) is 3. The molecule has 0 aliphatic rings. The molecule has 4 aromatic rings. The maximum Gasteiger partial charge on any atom is 0.337 e. The van der Waals surface area contributed by atoms with Gasteiger partial charge in [-0.05, 0) is 66.7 Å². The van der Waals surface area contributed by atoms with Gasteiger partial charge < -0.3 is 15.4 Å². The Morgan fingerprint density at radius 3 is 2.25 bits per heavy atom. The molecule has 2 N–H and O–H groups in total. The Bertz CT molecular complexity index is 1430. The van der Waals surface area contributed by atoms with Crippen molar-refractivity contribution >= 4 is 34.9 Å². The first kappa shape index (κ1) is 24.0. The molecular formula is C25H18FN5O5. The molecule has 0 aliphatic carbocycles. The first-order chi connectivity index (χ1) is 17.3. The van der Waals surface area contributed by atoms with Crippen molar-refractivity contribution in [3.8, 4) is 11.3 Å². The van der Waals surface area contributed by atoms with Gasteiger partial charge in [0.2, 0.25) is 5.82 Å². The van der Waals surface area contributed by atoms with Crippen LogP contribution in [0.5, 0.6) is 0 Å². The summed E-state index contributed by atoms with van der Waals surface area (Å²) in [4.78, 5) is 43.4. The van der Waals surface area contributed by atoms with E-state index < -0.39 is 22.6 Å². The molecule has 0 fully saturated rings. The minimum absolute atomic E-state index is 0.0221. The Morgan fingerprint density at radius 2 is 1.64 bits per heavy atom. The number of anilines is 3. The standard InChI is InChI=1S/C25H18FN5O5/c1-36-25(33)17-4-2-16(3-5-17)24(32)30-22-13-10-19(14-27-22)28-23-21(31(34)35)12-11-20(29-23)15-6-8-18(26)9-7-15/h2-14H,1H3,(H,28,29)(H,27,30,32). The molecule has 4 rings (SSSR count). The number of benzene rings is 2. The topological polar surface area (TPSA) is 136 Å². The van der Waals surface area contributed by atoms with Crippen molar-refractivity contribution in [1.82, 2.24) is 9.97 Å². The van der Waals surface area contributed by atoms with E-state index in [2.05, 4.69) is 25.3 Å². The molecular weight excluding hydrogens is 469 g/mol. The number of amides is 1. The number of carbonyl (C=O) groups is 2. The maximum atomic E-state index is 13.2. The number of rotatable bonds is 7. The summed E-state index contributed by atoms with van der Waals surface area (Å²) in [7, 11) is 1.27. The van der Waals surface area contributed by atoms with Gasteiger partial charge in [0.25, 0.3) is 5.91 Å². The average Bonchev–Trinajstić information content (AvgIpc) is 2.89. The second-order valence-corrected chi connectivity index (χ2v) is 7.41. The molecule has 0 bridgehead atoms. The molecule has 36 heavy (non-hydrogen) atoms. The zero-order chi connectivity index (χ0) is 25.7. The Balaban J connectivity index is 1.49. The Kier molecular flexibility index (Phi) is 6.91. The zero-order valence-electron chi connectivity index (χ0n) is 18.8. The third-order valence-corrected chi connectivity index (χ3v) is 5.05. The molecule has 11 heteroatoms. The summed E-state index contributed by atoms with van der Waals surface area (Å²) in [6.45, 7) is 0. The molecule has 0 atom stereocenters. The molecule has 2 aromatic heterocycles. The van der Waals surface area contributed by atoms with Crippen molar-refractivity contribution in [1.29, 1.82) is 0 Å². The minimum Gasteiger partial charge on any atom is -0.465 e. The van der Waals surface area contributed by atoms with Gasteiger partial charge in [0.1, 0.15) is 11.6 Å². The largest absolute Gasteiger partial charge is 0.465 e. The van der Waals surface area contributed by atoms with Crippen molar-refractivity contribution in [2.24, 2.45) is 0 Å². The van der Waals surface area contributed by atoms with E-state index in [-0.39, 0.29) is 17.3 Å². The van der Waals surface area contributed by atoms with Crippen molar-refractivity contribution in [3.05, 3.63) is 106 Å². The highest BCUT2D eigenvalue weighted by Crippen LogP contribution is 2.29. The van der Waals surface area contributed by atoms with E-state index in [1.165, 1.54) is 80.0 Å². The van der Waals surface area contributed by atoms with E-state index in [1.54, 1.807) is 6.07 Å². The van der Waals surface area contributed by atoms with Gasteiger partial charge in [0.15, 0.2) is 0 Å². The lowest BCUT2D eigenvalue weighted by atomic mass is 10.1. The number of nitro groups is 1. The molecule has 0 unspecified atom stereocenters. The number of aromatic nitrogens is 2. The number of pyridine rings is 2. The van der Waals surface area contributed by atoms with Gasteiger partial charge in [-0.2, -0.15) is 0 Å². The van der Waals surface area contributed by atoms with Crippen LogP contribution in [0.1, 0.15) is 20.7 Å². The van der Waals surface area contributed by atoms with Crippen LogP contribution in [0.4, 0.5) is 27.4 Å². The van der Waals surface area contributed by atoms with Crippen LogP contribution in [0.15, 0.2) is 79.0 Å². The van der Waals surface area contributed by atoms with E-state index in [9.17, 15) is 24.1 Å². The lowest BCUT2D eigenvalue weighted by Crippen LogP contribution is -2.13. The molecule has 0 aliphatic heterocycles. The second-order valence-electron chi connectivity index (χ2n) is 7.41. The van der Waals surface area contributed by atoms with Gasteiger partial charge in [0.05, 0.1) is 35.2 Å². The Morgan fingerprint density at radius 1 is 0.944 bits per heavy atom. The molecule has 0 radical (unpaired) electrons. The number of carbonyl (C=O) groups excluding carboxylic acids is 2. The average molecular weight is 487 g/mol. The maximum absolute atomic E-state index is 13.2. The molecule has 180 valence electrons. The summed E-state index contributed by atoms with van der Waals surface area (Å²) in [6.07, 6.45) is 1.38. The molecule has 0 spiro atoms. The summed E-state index contributed by atoms with van der Waals surface area (Å²) in [5, 5.41) is 17.0. The fourth-order valence-electron chi connectivity index (χ4n) is 3.22. The number of halogens is 1. The quantitative estimate of drug-likeness (QED) is 0.212. The van der Waals surface area contributed by atoms with Crippen LogP contribution < -0.4 is 10.6 Å². The second kappa shape index (κ2) is 10.4. The zero-order valence-corrected chi connectivity index (χ0v) is 18.8. The van der Waals surface area contributed by atoms with Crippen LogP contribution in [0.3, 0.4) is 0 Å². The number of hydrogen-bond acceptors (Lipinski definition) is 8. The van der Waals surface area contributed by atoms with Crippen LogP contribution in [0.25, 0.3) is 11.3 Å². The fraction of sp³-hybridized carbons (Fsp3) is 0.0400. The summed E-state index contributed by atoms with van der Waals surface area (Å²) in [6, 6.07) is 17.4. The number of esters is 1. The normalized spacial score (nSPS) is 10.4. The van der Waals surface area contributed by atoms with Crippen molar-refractivity contribution in [2.75, 3.05) is 17.7 Å². The minimum atomic E-state index is -0.572. The molecule has 1 amide bonds. The summed E-state index contributed by atoms with van der Waals surface area (Å²) >= 11 is 0. The summed E-state index contributed by atoms with van der Waals surface area (Å²) in [5.41, 5.74) is 1.76. The van der Waals surface area contributed by atoms with E-state index in [0.717, 1.165) is 0 Å². The Labute approximate surface area is 203 Å². The highest BCUT2D eigenvalue weighted by Gasteiger charge is 2.17. The van der Waals surface area contributed by atoms with Crippen LogP contribution in [0.2, 0.25) is 0 Å². The third kappa shape index (κ3) is 5.47. The van der Waals surface area contributed by atoms with Crippen molar-refractivity contribution < 1.29 is 23.6 Å². The van der Waals surface area contributed by atoms with Gasteiger partial charge in [-0.3, -0.25) is 14.9 Å².